The molecule has 1 aromatic rings. The summed E-state index contributed by atoms with van der Waals surface area (Å²) in [4.78, 5) is 22.3. The maximum atomic E-state index is 11.3. The van der Waals surface area contributed by atoms with Crippen LogP contribution in [0.25, 0.3) is 0 Å². The van der Waals surface area contributed by atoms with E-state index in [1.165, 1.54) is 0 Å². The van der Waals surface area contributed by atoms with E-state index in [-0.39, 0.29) is 36.8 Å². The van der Waals surface area contributed by atoms with E-state index in [9.17, 15) is 9.59 Å². The van der Waals surface area contributed by atoms with E-state index < -0.39 is 11.4 Å². The number of ether oxygens (including phenoxy) is 2. The maximum absolute atomic E-state index is 11.3. The average molecular weight is 246 g/mol. The first-order valence-electron chi connectivity index (χ1n) is 4.68. The lowest BCUT2D eigenvalue weighted by molar-refractivity contribution is -0.145. The number of rotatable bonds is 5. The van der Waals surface area contributed by atoms with Gasteiger partial charge < -0.3 is 24.5 Å². The molecule has 7 heteroatoms. The van der Waals surface area contributed by atoms with E-state index in [0.29, 0.717) is 0 Å². The molecular formula is C10H14O7. The van der Waals surface area contributed by atoms with Crippen LogP contribution < -0.4 is 10.2 Å². The van der Waals surface area contributed by atoms with E-state index in [4.69, 9.17) is 14.3 Å². The third-order valence-electron chi connectivity index (χ3n) is 1.66. The third-order valence-corrected chi connectivity index (χ3v) is 1.66. The highest BCUT2D eigenvalue weighted by atomic mass is 16.6. The number of carbonyl (C=O) groups is 1. The van der Waals surface area contributed by atoms with Crippen LogP contribution in [0.15, 0.2) is 21.5 Å². The third kappa shape index (κ3) is 4.66. The van der Waals surface area contributed by atoms with Gasteiger partial charge in [0.1, 0.15) is 18.6 Å². The molecule has 0 bridgehead atoms. The Morgan fingerprint density at radius 2 is 2.24 bits per heavy atom. The zero-order valence-electron chi connectivity index (χ0n) is 9.26. The highest BCUT2D eigenvalue weighted by molar-refractivity contribution is 5.71. The summed E-state index contributed by atoms with van der Waals surface area (Å²) < 4.78 is 14.4. The van der Waals surface area contributed by atoms with Crippen molar-refractivity contribution in [3.8, 4) is 5.75 Å². The van der Waals surface area contributed by atoms with E-state index >= 15 is 0 Å². The molecule has 1 heterocycles. The van der Waals surface area contributed by atoms with Crippen LogP contribution in [0, 0.1) is 0 Å². The van der Waals surface area contributed by atoms with Gasteiger partial charge in [-0.15, -0.1) is 0 Å². The zero-order chi connectivity index (χ0) is 12.0. The molecule has 1 rings (SSSR count). The molecule has 0 aliphatic rings. The fourth-order valence-corrected chi connectivity index (χ4v) is 0.966. The van der Waals surface area contributed by atoms with Crippen LogP contribution in [-0.2, 0) is 16.1 Å². The Hall–Kier alpha value is -1.86. The molecule has 96 valence electrons. The molecule has 0 amide bonds. The smallest absolute Gasteiger partial charge is 0.344 e. The molecule has 7 nitrogen and oxygen atoms in total. The second-order valence-electron chi connectivity index (χ2n) is 2.83. The van der Waals surface area contributed by atoms with Crippen LogP contribution in [0.1, 0.15) is 12.7 Å². The van der Waals surface area contributed by atoms with Crippen molar-refractivity contribution in [3.05, 3.63) is 28.3 Å². The lowest BCUT2D eigenvalue weighted by Gasteiger charge is -2.04. The van der Waals surface area contributed by atoms with Crippen LogP contribution >= 0.6 is 0 Å². The van der Waals surface area contributed by atoms with Crippen molar-refractivity contribution in [2.24, 2.45) is 0 Å². The molecule has 0 spiro atoms. The van der Waals surface area contributed by atoms with E-state index in [2.05, 4.69) is 4.74 Å². The molecule has 3 N–H and O–H groups in total. The van der Waals surface area contributed by atoms with Crippen molar-refractivity contribution < 1.29 is 29.3 Å². The summed E-state index contributed by atoms with van der Waals surface area (Å²) in [5.41, 5.74) is -0.459. The van der Waals surface area contributed by atoms with Gasteiger partial charge in [0, 0.05) is 6.07 Å². The van der Waals surface area contributed by atoms with Crippen LogP contribution in [0.5, 0.6) is 5.75 Å². The van der Waals surface area contributed by atoms with Gasteiger partial charge in [-0.3, -0.25) is 4.79 Å². The first-order chi connectivity index (χ1) is 7.67. The largest absolute Gasteiger partial charge is 0.475 e. The molecule has 0 aromatic carbocycles. The van der Waals surface area contributed by atoms with Gasteiger partial charge in [-0.05, 0) is 6.92 Å². The monoisotopic (exact) mass is 246 g/mol. The van der Waals surface area contributed by atoms with Crippen molar-refractivity contribution in [1.29, 1.82) is 0 Å². The van der Waals surface area contributed by atoms with Crippen LogP contribution in [-0.4, -0.2) is 29.8 Å². The zero-order valence-corrected chi connectivity index (χ0v) is 9.26. The Labute approximate surface area is 96.9 Å². The van der Waals surface area contributed by atoms with Crippen LogP contribution in [0.2, 0.25) is 0 Å². The van der Waals surface area contributed by atoms with Gasteiger partial charge in [0.2, 0.25) is 11.2 Å². The molecule has 0 aliphatic carbocycles. The number of hydrogen-bond acceptors (Lipinski definition) is 6. The number of aliphatic hydroxyl groups is 1. The lowest BCUT2D eigenvalue weighted by atomic mass is 10.4. The lowest BCUT2D eigenvalue weighted by Crippen LogP contribution is -2.17. The van der Waals surface area contributed by atoms with Gasteiger partial charge in [0.25, 0.3) is 0 Å². The second kappa shape index (κ2) is 7.42. The second-order valence-corrected chi connectivity index (χ2v) is 2.83. The van der Waals surface area contributed by atoms with Crippen molar-refractivity contribution in [2.45, 2.75) is 13.5 Å². The SMILES string of the molecule is CCOC(=O)COc1coc(CO)cc1=O.O. The Morgan fingerprint density at radius 1 is 1.53 bits per heavy atom. The molecule has 0 radical (unpaired) electrons. The summed E-state index contributed by atoms with van der Waals surface area (Å²) in [5.74, 6) is -0.521. The van der Waals surface area contributed by atoms with Gasteiger partial charge in [-0.25, -0.2) is 4.79 Å². The molecule has 0 saturated carbocycles. The van der Waals surface area contributed by atoms with Gasteiger partial charge in [-0.1, -0.05) is 0 Å². The van der Waals surface area contributed by atoms with Gasteiger partial charge >= 0.3 is 5.97 Å². The molecular weight excluding hydrogens is 232 g/mol. The van der Waals surface area contributed by atoms with E-state index in [1.54, 1.807) is 6.92 Å². The fraction of sp³-hybridized carbons (Fsp3) is 0.400. The molecule has 0 unspecified atom stereocenters. The summed E-state index contributed by atoms with van der Waals surface area (Å²) >= 11 is 0. The number of aliphatic hydroxyl groups excluding tert-OH is 1. The molecule has 1 aromatic heterocycles. The van der Waals surface area contributed by atoms with Crippen LogP contribution in [0.3, 0.4) is 0 Å². The normalized spacial score (nSPS) is 9.29. The highest BCUT2D eigenvalue weighted by Crippen LogP contribution is 2.05. The van der Waals surface area contributed by atoms with Gasteiger partial charge in [0.05, 0.1) is 6.61 Å². The first kappa shape index (κ1) is 15.1. The maximum Gasteiger partial charge on any atom is 0.344 e. The first-order valence-corrected chi connectivity index (χ1v) is 4.68. The number of hydrogen-bond donors (Lipinski definition) is 1. The molecule has 0 atom stereocenters. The van der Waals surface area contributed by atoms with Crippen molar-refractivity contribution in [2.75, 3.05) is 13.2 Å². The van der Waals surface area contributed by atoms with E-state index in [0.717, 1.165) is 12.3 Å². The van der Waals surface area contributed by atoms with E-state index in [1.807, 2.05) is 0 Å². The quantitative estimate of drug-likeness (QED) is 0.683. The highest BCUT2D eigenvalue weighted by Gasteiger charge is 2.07. The summed E-state index contributed by atoms with van der Waals surface area (Å²) in [5, 5.41) is 8.69. The molecule has 0 aliphatic heterocycles. The van der Waals surface area contributed by atoms with Crippen molar-refractivity contribution >= 4 is 5.97 Å². The Morgan fingerprint density at radius 3 is 2.76 bits per heavy atom. The summed E-state index contributed by atoms with van der Waals surface area (Å²) in [6.45, 7) is 1.20. The van der Waals surface area contributed by atoms with Crippen LogP contribution in [0.4, 0.5) is 0 Å². The van der Waals surface area contributed by atoms with Gasteiger partial charge in [0.15, 0.2) is 6.61 Å². The minimum absolute atomic E-state index is 0. The minimum atomic E-state index is -0.562. The standard InChI is InChI=1S/C10H12O6.H2O/c1-2-14-10(13)6-16-9-5-15-7(4-11)3-8(9)12;/h3,5,11H,2,4,6H2,1H3;1H2. The minimum Gasteiger partial charge on any atom is -0.475 e. The predicted molar refractivity (Wildman–Crippen MR) is 56.6 cm³/mol. The van der Waals surface area contributed by atoms with Gasteiger partial charge in [-0.2, -0.15) is 0 Å². The summed E-state index contributed by atoms with van der Waals surface area (Å²) in [6.07, 6.45) is 1.05. The van der Waals surface area contributed by atoms with Crippen molar-refractivity contribution in [1.82, 2.24) is 0 Å². The summed E-state index contributed by atoms with van der Waals surface area (Å²) in [7, 11) is 0. The Kier molecular flexibility index (Phi) is 6.61. The number of esters is 1. The Balaban J connectivity index is 0.00000256. The van der Waals surface area contributed by atoms with Crippen molar-refractivity contribution in [3.63, 3.8) is 0 Å². The fourth-order valence-electron chi connectivity index (χ4n) is 0.966. The summed E-state index contributed by atoms with van der Waals surface area (Å²) in [6, 6.07) is 1.10. The predicted octanol–water partition coefficient (Wildman–Crippen LogP) is -0.751. The average Bonchev–Trinajstić information content (AvgIpc) is 2.27. The molecule has 17 heavy (non-hydrogen) atoms. The number of carbonyl (C=O) groups excluding carboxylic acids is 1. The molecule has 0 saturated heterocycles. The molecule has 0 fully saturated rings. The Bertz CT molecular complexity index is 409. The topological polar surface area (TPSA) is 117 Å².